The third kappa shape index (κ3) is 5.28. The summed E-state index contributed by atoms with van der Waals surface area (Å²) in [5.74, 6) is -1.49. The number of nitrogens with one attached hydrogen (secondary N) is 1. The van der Waals surface area contributed by atoms with E-state index in [9.17, 15) is 18.0 Å². The van der Waals surface area contributed by atoms with Crippen LogP contribution in [-0.4, -0.2) is 36.8 Å². The van der Waals surface area contributed by atoms with Gasteiger partial charge >= 0.3 is 12.1 Å². The van der Waals surface area contributed by atoms with Crippen molar-refractivity contribution >= 4 is 22.1 Å². The minimum Gasteiger partial charge on any atom is -0.480 e. The van der Waals surface area contributed by atoms with Crippen LogP contribution in [0.5, 0.6) is 5.75 Å². The molecular formula is C18H19NO7S. The predicted molar refractivity (Wildman–Crippen MR) is 97.1 cm³/mol. The van der Waals surface area contributed by atoms with E-state index in [2.05, 4.69) is 9.46 Å². The van der Waals surface area contributed by atoms with Crippen molar-refractivity contribution in [1.82, 2.24) is 4.72 Å². The largest absolute Gasteiger partial charge is 0.511 e. The smallest absolute Gasteiger partial charge is 0.480 e. The van der Waals surface area contributed by atoms with Crippen LogP contribution in [0.15, 0.2) is 53.4 Å². The second-order valence-electron chi connectivity index (χ2n) is 6.10. The number of hydrogen-bond donors (Lipinski definition) is 3. The topological polar surface area (TPSA) is 130 Å². The van der Waals surface area contributed by atoms with E-state index in [4.69, 9.17) is 10.2 Å². The summed E-state index contributed by atoms with van der Waals surface area (Å²) < 4.78 is 31.5. The normalized spacial score (nSPS) is 12.6. The van der Waals surface area contributed by atoms with E-state index in [1.165, 1.54) is 24.3 Å². The Labute approximate surface area is 156 Å². The summed E-state index contributed by atoms with van der Waals surface area (Å²) in [6, 6.07) is 10.9. The molecule has 0 amide bonds. The van der Waals surface area contributed by atoms with Crippen LogP contribution < -0.4 is 9.46 Å². The fraction of sp³-hybridized carbons (Fsp3) is 0.222. The van der Waals surface area contributed by atoms with E-state index in [0.717, 1.165) is 5.56 Å². The monoisotopic (exact) mass is 393 g/mol. The maximum atomic E-state index is 12.4. The standard InChI is InChI=1S/C18H19NO7S/c1-11(2)16(17(20)21)19-27(24,25)15-9-5-13(6-10-15)12-3-7-14(8-4-12)26-18(22)23/h3-11,16,19H,1-2H3,(H,20,21)(H,22,23). The Morgan fingerprint density at radius 1 is 0.926 bits per heavy atom. The summed E-state index contributed by atoms with van der Waals surface area (Å²) in [5.41, 5.74) is 1.43. The van der Waals surface area contributed by atoms with E-state index < -0.39 is 34.1 Å². The molecule has 0 heterocycles. The number of ether oxygens (including phenoxy) is 1. The zero-order valence-corrected chi connectivity index (χ0v) is 15.4. The molecule has 3 N–H and O–H groups in total. The number of aliphatic carboxylic acids is 1. The van der Waals surface area contributed by atoms with Crippen LogP contribution in [0, 0.1) is 5.92 Å². The Balaban J connectivity index is 2.21. The Bertz CT molecular complexity index is 919. The molecule has 0 saturated carbocycles. The van der Waals surface area contributed by atoms with Crippen molar-refractivity contribution in [3.05, 3.63) is 48.5 Å². The second-order valence-corrected chi connectivity index (χ2v) is 7.81. The Morgan fingerprint density at radius 3 is 1.81 bits per heavy atom. The van der Waals surface area contributed by atoms with Gasteiger partial charge in [0.15, 0.2) is 0 Å². The van der Waals surface area contributed by atoms with E-state index >= 15 is 0 Å². The van der Waals surface area contributed by atoms with Crippen LogP contribution in [0.3, 0.4) is 0 Å². The molecule has 0 aliphatic carbocycles. The van der Waals surface area contributed by atoms with Gasteiger partial charge < -0.3 is 14.9 Å². The molecule has 0 fully saturated rings. The fourth-order valence-electron chi connectivity index (χ4n) is 2.35. The Hall–Kier alpha value is -2.91. The van der Waals surface area contributed by atoms with Crippen LogP contribution in [0.25, 0.3) is 11.1 Å². The van der Waals surface area contributed by atoms with Crippen molar-refractivity contribution in [2.24, 2.45) is 5.92 Å². The predicted octanol–water partition coefficient (Wildman–Crippen LogP) is 2.80. The molecule has 8 nitrogen and oxygen atoms in total. The molecule has 2 aromatic carbocycles. The number of carboxylic acids is 1. The molecule has 144 valence electrons. The van der Waals surface area contributed by atoms with E-state index in [0.29, 0.717) is 5.56 Å². The van der Waals surface area contributed by atoms with Crippen LogP contribution in [0.2, 0.25) is 0 Å². The fourth-order valence-corrected chi connectivity index (χ4v) is 3.69. The van der Waals surface area contributed by atoms with Gasteiger partial charge in [-0.25, -0.2) is 13.2 Å². The third-order valence-electron chi connectivity index (χ3n) is 3.77. The average molecular weight is 393 g/mol. The molecule has 0 radical (unpaired) electrons. The van der Waals surface area contributed by atoms with E-state index in [-0.39, 0.29) is 10.6 Å². The van der Waals surface area contributed by atoms with Gasteiger partial charge in [0, 0.05) is 0 Å². The summed E-state index contributed by atoms with van der Waals surface area (Å²) in [4.78, 5) is 21.7. The first-order chi connectivity index (χ1) is 12.6. The zero-order chi connectivity index (χ0) is 20.2. The number of benzene rings is 2. The van der Waals surface area contributed by atoms with Gasteiger partial charge in [-0.1, -0.05) is 38.1 Å². The van der Waals surface area contributed by atoms with Crippen LogP contribution in [-0.2, 0) is 14.8 Å². The second kappa shape index (κ2) is 8.19. The number of rotatable bonds is 7. The molecule has 27 heavy (non-hydrogen) atoms. The molecule has 0 aliphatic rings. The average Bonchev–Trinajstić information content (AvgIpc) is 2.59. The first-order valence-corrected chi connectivity index (χ1v) is 9.45. The maximum Gasteiger partial charge on any atom is 0.511 e. The summed E-state index contributed by atoms with van der Waals surface area (Å²) in [7, 11) is -3.98. The van der Waals surface area contributed by atoms with E-state index in [1.807, 2.05) is 0 Å². The van der Waals surface area contributed by atoms with Crippen molar-refractivity contribution in [3.8, 4) is 16.9 Å². The lowest BCUT2D eigenvalue weighted by Crippen LogP contribution is -2.44. The first-order valence-electron chi connectivity index (χ1n) is 7.96. The number of hydrogen-bond acceptors (Lipinski definition) is 5. The highest BCUT2D eigenvalue weighted by molar-refractivity contribution is 7.89. The molecule has 2 aromatic rings. The molecule has 0 aliphatic heterocycles. The summed E-state index contributed by atoms with van der Waals surface area (Å²) in [5, 5.41) is 17.7. The molecule has 0 saturated heterocycles. The highest BCUT2D eigenvalue weighted by Crippen LogP contribution is 2.24. The van der Waals surface area contributed by atoms with Crippen molar-refractivity contribution < 1.29 is 33.0 Å². The first kappa shape index (κ1) is 20.4. The van der Waals surface area contributed by atoms with Gasteiger partial charge in [-0.3, -0.25) is 4.79 Å². The molecular weight excluding hydrogens is 374 g/mol. The molecule has 0 bridgehead atoms. The van der Waals surface area contributed by atoms with Gasteiger partial charge in [-0.05, 0) is 41.3 Å². The van der Waals surface area contributed by atoms with Crippen molar-refractivity contribution in [2.75, 3.05) is 0 Å². The molecule has 9 heteroatoms. The minimum atomic E-state index is -3.98. The van der Waals surface area contributed by atoms with Crippen LogP contribution in [0.4, 0.5) is 4.79 Å². The van der Waals surface area contributed by atoms with Crippen molar-refractivity contribution in [3.63, 3.8) is 0 Å². The van der Waals surface area contributed by atoms with Crippen LogP contribution in [0.1, 0.15) is 13.8 Å². The van der Waals surface area contributed by atoms with Gasteiger partial charge in [0.1, 0.15) is 11.8 Å². The van der Waals surface area contributed by atoms with Crippen LogP contribution >= 0.6 is 0 Å². The number of sulfonamides is 1. The zero-order valence-electron chi connectivity index (χ0n) is 14.6. The van der Waals surface area contributed by atoms with Gasteiger partial charge in [-0.2, -0.15) is 4.72 Å². The maximum absolute atomic E-state index is 12.4. The van der Waals surface area contributed by atoms with Gasteiger partial charge in [-0.15, -0.1) is 0 Å². The molecule has 2 rings (SSSR count). The summed E-state index contributed by atoms with van der Waals surface area (Å²) in [6.07, 6.45) is -1.41. The van der Waals surface area contributed by atoms with Gasteiger partial charge in [0.05, 0.1) is 4.90 Å². The molecule has 1 atom stereocenters. The SMILES string of the molecule is CC(C)C(NS(=O)(=O)c1ccc(-c2ccc(OC(=O)O)cc2)cc1)C(=O)O. The highest BCUT2D eigenvalue weighted by atomic mass is 32.2. The minimum absolute atomic E-state index is 0.0519. The quantitative estimate of drug-likeness (QED) is 0.487. The number of carbonyl (C=O) groups is 2. The molecule has 0 aromatic heterocycles. The molecule has 0 spiro atoms. The van der Waals surface area contributed by atoms with Gasteiger partial charge in [0.25, 0.3) is 0 Å². The Morgan fingerprint density at radius 2 is 1.41 bits per heavy atom. The lowest BCUT2D eigenvalue weighted by Gasteiger charge is -2.18. The summed E-state index contributed by atoms with van der Waals surface area (Å²) in [6.45, 7) is 3.23. The molecule has 1 unspecified atom stereocenters. The highest BCUT2D eigenvalue weighted by Gasteiger charge is 2.27. The van der Waals surface area contributed by atoms with Crippen molar-refractivity contribution in [2.45, 2.75) is 24.8 Å². The third-order valence-corrected chi connectivity index (χ3v) is 5.23. The number of carboxylic acid groups (broad SMARTS) is 2. The summed E-state index contributed by atoms with van der Waals surface area (Å²) >= 11 is 0. The Kier molecular flexibility index (Phi) is 6.19. The van der Waals surface area contributed by atoms with E-state index in [1.54, 1.807) is 38.1 Å². The van der Waals surface area contributed by atoms with Gasteiger partial charge in [0.2, 0.25) is 10.0 Å². The lowest BCUT2D eigenvalue weighted by molar-refractivity contribution is -0.140. The van der Waals surface area contributed by atoms with Crippen molar-refractivity contribution in [1.29, 1.82) is 0 Å². The lowest BCUT2D eigenvalue weighted by atomic mass is 10.1.